The maximum atomic E-state index is 9.39. The van der Waals surface area contributed by atoms with Crippen LogP contribution >= 0.6 is 0 Å². The number of rotatable bonds is 2. The van der Waals surface area contributed by atoms with Crippen LogP contribution < -0.4 is 0 Å². The standard InChI is InChI=1S/C42H24O/c1-2-11-29-25(9-1)21-22-31-30(29)16-8-17-32(31)42-35-14-5-3-12-33(35)39(34-13-4-6-15-36(34)42)28-23-27-20-19-26-10-7-18-37-40(26)41(27)38(24-28)43-37/h1-24H/i3D,4D,5D,6D,12D,13D,14D,15D. The van der Waals surface area contributed by atoms with Crippen LogP contribution in [0.15, 0.2) is 150 Å². The van der Waals surface area contributed by atoms with Crippen LogP contribution in [-0.4, -0.2) is 0 Å². The van der Waals surface area contributed by atoms with Gasteiger partial charge in [-0.2, -0.15) is 0 Å². The second-order valence-electron chi connectivity index (χ2n) is 11.0. The highest BCUT2D eigenvalue weighted by atomic mass is 16.3. The average Bonchev–Trinajstić information content (AvgIpc) is 3.54. The van der Waals surface area contributed by atoms with Crippen molar-refractivity contribution < 1.29 is 15.4 Å². The molecule has 1 heterocycles. The minimum atomic E-state index is -0.431. The Bertz CT molecular complexity index is 3100. The van der Waals surface area contributed by atoms with Crippen LogP contribution in [0.4, 0.5) is 0 Å². The summed E-state index contributed by atoms with van der Waals surface area (Å²) in [6.07, 6.45) is 0. The van der Waals surface area contributed by atoms with E-state index in [1.807, 2.05) is 97.1 Å². The Morgan fingerprint density at radius 2 is 1.05 bits per heavy atom. The van der Waals surface area contributed by atoms with Crippen molar-refractivity contribution in [3.8, 4) is 22.3 Å². The smallest absolute Gasteiger partial charge is 0.136 e. The summed E-state index contributed by atoms with van der Waals surface area (Å²) in [5, 5.41) is 8.22. The fraction of sp³-hybridized carbons (Fsp3) is 0. The molecular formula is C42H24O. The van der Waals surface area contributed by atoms with Gasteiger partial charge in [0.05, 0.1) is 11.0 Å². The van der Waals surface area contributed by atoms with Gasteiger partial charge in [-0.05, 0) is 94.3 Å². The average molecular weight is 553 g/mol. The van der Waals surface area contributed by atoms with Crippen molar-refractivity contribution >= 4 is 75.8 Å². The Hall–Kier alpha value is -5.66. The van der Waals surface area contributed by atoms with Gasteiger partial charge in [0.2, 0.25) is 0 Å². The summed E-state index contributed by atoms with van der Waals surface area (Å²) >= 11 is 0. The first-order valence-corrected chi connectivity index (χ1v) is 14.2. The van der Waals surface area contributed by atoms with Gasteiger partial charge in [-0.15, -0.1) is 0 Å². The molecule has 0 amide bonds. The summed E-state index contributed by atoms with van der Waals surface area (Å²) in [6.45, 7) is 0. The third-order valence-electron chi connectivity index (χ3n) is 8.82. The molecule has 0 fully saturated rings. The van der Waals surface area contributed by atoms with Gasteiger partial charge in [-0.25, -0.2) is 0 Å². The summed E-state index contributed by atoms with van der Waals surface area (Å²) in [7, 11) is 0. The van der Waals surface area contributed by atoms with E-state index in [1.54, 1.807) is 0 Å². The first-order valence-electron chi connectivity index (χ1n) is 18.2. The van der Waals surface area contributed by atoms with E-state index in [0.29, 0.717) is 33.4 Å². The Labute approximate surface area is 258 Å². The van der Waals surface area contributed by atoms with Crippen LogP contribution in [0.25, 0.3) is 98.1 Å². The summed E-state index contributed by atoms with van der Waals surface area (Å²) in [4.78, 5) is 0. The number of hydrogen-bond acceptors (Lipinski definition) is 1. The molecule has 10 rings (SSSR count). The van der Waals surface area contributed by atoms with Gasteiger partial charge in [0.15, 0.2) is 0 Å². The van der Waals surface area contributed by atoms with Crippen molar-refractivity contribution in [1.82, 2.24) is 0 Å². The van der Waals surface area contributed by atoms with Crippen molar-refractivity contribution in [3.63, 3.8) is 0 Å². The predicted molar refractivity (Wildman–Crippen MR) is 183 cm³/mol. The van der Waals surface area contributed by atoms with Crippen molar-refractivity contribution in [3.05, 3.63) is 145 Å². The van der Waals surface area contributed by atoms with E-state index in [9.17, 15) is 5.48 Å². The van der Waals surface area contributed by atoms with E-state index in [1.165, 1.54) is 0 Å². The molecule has 198 valence electrons. The third-order valence-corrected chi connectivity index (χ3v) is 8.82. The van der Waals surface area contributed by atoms with Crippen LogP contribution in [-0.2, 0) is 0 Å². The molecule has 0 radical (unpaired) electrons. The molecule has 9 aromatic carbocycles. The third kappa shape index (κ3) is 3.11. The molecule has 1 aromatic heterocycles. The number of furan rings is 1. The molecule has 1 nitrogen and oxygen atoms in total. The van der Waals surface area contributed by atoms with Crippen molar-refractivity contribution in [2.75, 3.05) is 0 Å². The second kappa shape index (κ2) is 8.44. The van der Waals surface area contributed by atoms with E-state index in [4.69, 9.17) is 9.90 Å². The van der Waals surface area contributed by atoms with Gasteiger partial charge in [0.25, 0.3) is 0 Å². The molecule has 0 N–H and O–H groups in total. The minimum Gasteiger partial charge on any atom is -0.456 e. The molecular weight excluding hydrogens is 520 g/mol. The molecule has 0 atom stereocenters. The number of fused-ring (bicyclic) bond motifs is 5. The lowest BCUT2D eigenvalue weighted by atomic mass is 9.84. The monoisotopic (exact) mass is 552 g/mol. The highest BCUT2D eigenvalue weighted by Gasteiger charge is 2.20. The lowest BCUT2D eigenvalue weighted by molar-refractivity contribution is 0.669. The predicted octanol–water partition coefficient (Wildman–Crippen LogP) is 12.1. The molecule has 10 aromatic rings. The van der Waals surface area contributed by atoms with Crippen LogP contribution in [0, 0.1) is 0 Å². The second-order valence-corrected chi connectivity index (χ2v) is 11.0. The Balaban J connectivity index is 1.48. The van der Waals surface area contributed by atoms with Gasteiger partial charge >= 0.3 is 0 Å². The van der Waals surface area contributed by atoms with Crippen molar-refractivity contribution in [2.24, 2.45) is 0 Å². The zero-order valence-corrected chi connectivity index (χ0v) is 22.6. The quantitative estimate of drug-likeness (QED) is 0.154. The zero-order valence-electron chi connectivity index (χ0n) is 30.6. The fourth-order valence-electron chi connectivity index (χ4n) is 7.04. The van der Waals surface area contributed by atoms with Crippen LogP contribution in [0.1, 0.15) is 11.0 Å². The van der Waals surface area contributed by atoms with Crippen molar-refractivity contribution in [1.29, 1.82) is 0 Å². The topological polar surface area (TPSA) is 13.1 Å². The van der Waals surface area contributed by atoms with E-state index in [0.717, 1.165) is 43.1 Å². The maximum Gasteiger partial charge on any atom is 0.136 e. The lowest BCUT2D eigenvalue weighted by Crippen LogP contribution is -1.92. The first-order chi connectivity index (χ1) is 24.7. The van der Waals surface area contributed by atoms with Gasteiger partial charge < -0.3 is 4.42 Å². The lowest BCUT2D eigenvalue weighted by Gasteiger charge is -2.19. The number of benzene rings is 9. The summed E-state index contributed by atoms with van der Waals surface area (Å²) < 4.78 is 79.2. The van der Waals surface area contributed by atoms with E-state index in [-0.39, 0.29) is 45.7 Å². The van der Waals surface area contributed by atoms with Crippen LogP contribution in [0.3, 0.4) is 0 Å². The Morgan fingerprint density at radius 1 is 0.419 bits per heavy atom. The van der Waals surface area contributed by atoms with Gasteiger partial charge in [0.1, 0.15) is 11.2 Å². The SMILES string of the molecule is [2H]c1c([2H])c([2H])c2c(-c3cccc4c3ccc3ccccc34)c3c([2H])c([2H])c([2H])c([2H])c3c(-c3cc4ccc5cccc6oc(c3)c4c56)c2c1[2H]. The number of hydrogen-bond donors (Lipinski definition) is 0. The Kier molecular flexibility index (Phi) is 3.28. The molecule has 0 aliphatic rings. The van der Waals surface area contributed by atoms with Gasteiger partial charge in [0, 0.05) is 10.8 Å². The summed E-state index contributed by atoms with van der Waals surface area (Å²) in [5.41, 5.74) is 3.04. The van der Waals surface area contributed by atoms with Gasteiger partial charge in [-0.1, -0.05) is 127 Å². The largest absolute Gasteiger partial charge is 0.456 e. The Morgan fingerprint density at radius 3 is 1.86 bits per heavy atom. The molecule has 43 heavy (non-hydrogen) atoms. The molecule has 0 bridgehead atoms. The molecule has 0 unspecified atom stereocenters. The van der Waals surface area contributed by atoms with E-state index < -0.39 is 24.2 Å². The fourth-order valence-corrected chi connectivity index (χ4v) is 7.04. The molecule has 0 saturated carbocycles. The molecule has 1 heteroatoms. The van der Waals surface area contributed by atoms with E-state index >= 15 is 0 Å². The molecule has 0 spiro atoms. The first kappa shape index (κ1) is 16.7. The minimum absolute atomic E-state index is 0.175. The normalized spacial score (nSPS) is 14.8. The van der Waals surface area contributed by atoms with Crippen LogP contribution in [0.2, 0.25) is 0 Å². The summed E-state index contributed by atoms with van der Waals surface area (Å²) in [5.74, 6) is 0. The van der Waals surface area contributed by atoms with Gasteiger partial charge in [-0.3, -0.25) is 0 Å². The molecule has 0 saturated heterocycles. The van der Waals surface area contributed by atoms with Crippen molar-refractivity contribution in [2.45, 2.75) is 0 Å². The molecule has 0 aliphatic carbocycles. The summed E-state index contributed by atoms with van der Waals surface area (Å²) in [6, 6.07) is 28.4. The van der Waals surface area contributed by atoms with E-state index in [2.05, 4.69) is 0 Å². The highest BCUT2D eigenvalue weighted by molar-refractivity contribution is 6.27. The van der Waals surface area contributed by atoms with Crippen LogP contribution in [0.5, 0.6) is 0 Å². The molecule has 0 aliphatic heterocycles. The maximum absolute atomic E-state index is 9.39. The highest BCUT2D eigenvalue weighted by Crippen LogP contribution is 2.47. The zero-order chi connectivity index (χ0) is 35.0.